The molecule has 7 nitrogen and oxygen atoms in total. The number of aromatic nitrogens is 1. The van der Waals surface area contributed by atoms with E-state index in [2.05, 4.69) is 5.32 Å². The summed E-state index contributed by atoms with van der Waals surface area (Å²) in [5.74, 6) is -2.28. The number of rotatable bonds is 10. The van der Waals surface area contributed by atoms with Crippen LogP contribution in [-0.2, 0) is 13.5 Å². The number of nitrogens with zero attached hydrogens (tertiary/aromatic N) is 1. The van der Waals surface area contributed by atoms with E-state index >= 15 is 0 Å². The van der Waals surface area contributed by atoms with Crippen LogP contribution in [0.5, 0.6) is 5.75 Å². The van der Waals surface area contributed by atoms with Gasteiger partial charge in [0.2, 0.25) is 0 Å². The standard InChI is InChI=1S/C29H29FN2O5/c1-3-12-37-27-11-9-19(18-8-10-25(30)23(14-18)29(35)36)15-24(27)28(34)31-21(17-33)13-20-16-32(2)26-7-5-4-6-22(20)26/h4-11,14-16,21,33H,3,12-13,17H2,1-2H3,(H,31,34)(H,35,36)/t21-/m1/s1. The van der Waals surface area contributed by atoms with Gasteiger partial charge in [0.05, 0.1) is 30.4 Å². The van der Waals surface area contributed by atoms with Crippen molar-refractivity contribution in [2.24, 2.45) is 7.05 Å². The van der Waals surface area contributed by atoms with Crippen molar-refractivity contribution < 1.29 is 28.9 Å². The largest absolute Gasteiger partial charge is 0.493 e. The summed E-state index contributed by atoms with van der Waals surface area (Å²) < 4.78 is 21.7. The lowest BCUT2D eigenvalue weighted by Gasteiger charge is -2.18. The number of hydrogen-bond acceptors (Lipinski definition) is 4. The highest BCUT2D eigenvalue weighted by molar-refractivity contribution is 5.99. The Bertz CT molecular complexity index is 1450. The van der Waals surface area contributed by atoms with Crippen molar-refractivity contribution in [3.63, 3.8) is 0 Å². The van der Waals surface area contributed by atoms with E-state index in [0.717, 1.165) is 29.0 Å². The van der Waals surface area contributed by atoms with Crippen LogP contribution in [0.4, 0.5) is 4.39 Å². The van der Waals surface area contributed by atoms with Crippen molar-refractivity contribution >= 4 is 22.8 Å². The Kier molecular flexibility index (Phi) is 7.89. The third-order valence-corrected chi connectivity index (χ3v) is 6.22. The first-order chi connectivity index (χ1) is 17.8. The molecule has 0 aliphatic carbocycles. The second kappa shape index (κ2) is 11.3. The molecule has 0 fully saturated rings. The zero-order chi connectivity index (χ0) is 26.5. The van der Waals surface area contributed by atoms with Crippen molar-refractivity contribution in [1.82, 2.24) is 9.88 Å². The number of carboxylic acids is 1. The summed E-state index contributed by atoms with van der Waals surface area (Å²) >= 11 is 0. The topological polar surface area (TPSA) is 101 Å². The van der Waals surface area contributed by atoms with Gasteiger partial charge in [-0.25, -0.2) is 9.18 Å². The third kappa shape index (κ3) is 5.65. The van der Waals surface area contributed by atoms with Gasteiger partial charge in [0.25, 0.3) is 5.91 Å². The number of aliphatic hydroxyl groups is 1. The number of benzene rings is 3. The Morgan fingerprint density at radius 3 is 2.46 bits per heavy atom. The number of carbonyl (C=O) groups excluding carboxylic acids is 1. The molecule has 3 N–H and O–H groups in total. The Labute approximate surface area is 214 Å². The second-order valence-corrected chi connectivity index (χ2v) is 8.90. The minimum Gasteiger partial charge on any atom is -0.493 e. The quantitative estimate of drug-likeness (QED) is 0.288. The van der Waals surface area contributed by atoms with Crippen molar-refractivity contribution in [3.05, 3.63) is 89.4 Å². The molecule has 0 saturated heterocycles. The molecule has 1 amide bonds. The molecule has 0 radical (unpaired) electrons. The summed E-state index contributed by atoms with van der Waals surface area (Å²) in [5, 5.41) is 23.3. The highest BCUT2D eigenvalue weighted by Crippen LogP contribution is 2.29. The minimum atomic E-state index is -1.38. The molecule has 0 aliphatic heterocycles. The first-order valence-electron chi connectivity index (χ1n) is 12.1. The van der Waals surface area contributed by atoms with Crippen LogP contribution >= 0.6 is 0 Å². The molecule has 0 aliphatic rings. The highest BCUT2D eigenvalue weighted by Gasteiger charge is 2.21. The van der Waals surface area contributed by atoms with Crippen molar-refractivity contribution in [2.45, 2.75) is 25.8 Å². The SMILES string of the molecule is CCCOc1ccc(-c2ccc(F)c(C(=O)O)c2)cc1C(=O)N[C@@H](CO)Cc1cn(C)c2ccccc12. The number of halogens is 1. The zero-order valence-electron chi connectivity index (χ0n) is 20.7. The summed E-state index contributed by atoms with van der Waals surface area (Å²) in [6.07, 6.45) is 3.15. The second-order valence-electron chi connectivity index (χ2n) is 8.90. The Hall–Kier alpha value is -4.17. The maximum absolute atomic E-state index is 13.9. The third-order valence-electron chi connectivity index (χ3n) is 6.22. The van der Waals surface area contributed by atoms with E-state index < -0.39 is 29.3 Å². The van der Waals surface area contributed by atoms with Crippen LogP contribution in [0.3, 0.4) is 0 Å². The molecule has 192 valence electrons. The number of aryl methyl sites for hydroxylation is 1. The number of fused-ring (bicyclic) bond motifs is 1. The van der Waals surface area contributed by atoms with Crippen molar-refractivity contribution in [3.8, 4) is 16.9 Å². The molecule has 0 unspecified atom stereocenters. The van der Waals surface area contributed by atoms with Crippen LogP contribution < -0.4 is 10.1 Å². The van der Waals surface area contributed by atoms with Gasteiger partial charge in [0, 0.05) is 24.1 Å². The number of para-hydroxylation sites is 1. The Morgan fingerprint density at radius 2 is 1.76 bits per heavy atom. The van der Waals surface area contributed by atoms with Gasteiger partial charge < -0.3 is 24.8 Å². The molecule has 1 atom stereocenters. The van der Waals surface area contributed by atoms with E-state index in [1.165, 1.54) is 12.1 Å². The van der Waals surface area contributed by atoms with E-state index in [1.807, 2.05) is 49.0 Å². The van der Waals surface area contributed by atoms with Gasteiger partial charge in [-0.3, -0.25) is 4.79 Å². The van der Waals surface area contributed by atoms with Crippen LogP contribution in [0.15, 0.2) is 66.9 Å². The van der Waals surface area contributed by atoms with E-state index in [4.69, 9.17) is 4.74 Å². The summed E-state index contributed by atoms with van der Waals surface area (Å²) in [5.41, 5.74) is 2.83. The summed E-state index contributed by atoms with van der Waals surface area (Å²) in [6.45, 7) is 2.09. The molecule has 1 heterocycles. The van der Waals surface area contributed by atoms with Gasteiger partial charge in [0.1, 0.15) is 11.6 Å². The number of aliphatic hydroxyl groups excluding tert-OH is 1. The molecule has 3 aromatic carbocycles. The minimum absolute atomic E-state index is 0.239. The molecular weight excluding hydrogens is 475 g/mol. The molecule has 4 aromatic rings. The summed E-state index contributed by atoms with van der Waals surface area (Å²) in [4.78, 5) is 24.8. The van der Waals surface area contributed by atoms with Crippen LogP contribution in [0, 0.1) is 5.82 Å². The monoisotopic (exact) mass is 504 g/mol. The van der Waals surface area contributed by atoms with Gasteiger partial charge in [-0.05, 0) is 59.9 Å². The first-order valence-corrected chi connectivity index (χ1v) is 12.1. The molecule has 37 heavy (non-hydrogen) atoms. The van der Waals surface area contributed by atoms with Gasteiger partial charge >= 0.3 is 5.97 Å². The molecule has 4 rings (SSSR count). The maximum Gasteiger partial charge on any atom is 0.338 e. The summed E-state index contributed by atoms with van der Waals surface area (Å²) in [7, 11) is 1.95. The Morgan fingerprint density at radius 1 is 1.05 bits per heavy atom. The van der Waals surface area contributed by atoms with Crippen molar-refractivity contribution in [1.29, 1.82) is 0 Å². The van der Waals surface area contributed by atoms with Gasteiger partial charge in [0.15, 0.2) is 0 Å². The molecular formula is C29H29FN2O5. The van der Waals surface area contributed by atoms with Crippen LogP contribution in [0.2, 0.25) is 0 Å². The fraction of sp³-hybridized carbons (Fsp3) is 0.241. The number of hydrogen-bond donors (Lipinski definition) is 3. The van der Waals surface area contributed by atoms with E-state index in [9.17, 15) is 24.2 Å². The molecule has 0 bridgehead atoms. The van der Waals surface area contributed by atoms with Crippen LogP contribution in [0.1, 0.15) is 39.6 Å². The highest BCUT2D eigenvalue weighted by atomic mass is 19.1. The number of amides is 1. The molecule has 0 saturated carbocycles. The average molecular weight is 505 g/mol. The fourth-order valence-electron chi connectivity index (χ4n) is 4.37. The average Bonchev–Trinajstić information content (AvgIpc) is 3.22. The maximum atomic E-state index is 13.9. The van der Waals surface area contributed by atoms with Crippen molar-refractivity contribution in [2.75, 3.05) is 13.2 Å². The Balaban J connectivity index is 1.64. The lowest BCUT2D eigenvalue weighted by atomic mass is 9.99. The number of ether oxygens (including phenoxy) is 1. The number of carboxylic acid groups (broad SMARTS) is 1. The number of carbonyl (C=O) groups is 2. The van der Waals surface area contributed by atoms with E-state index in [0.29, 0.717) is 29.9 Å². The first kappa shape index (κ1) is 25.9. The van der Waals surface area contributed by atoms with Crippen LogP contribution in [0.25, 0.3) is 22.0 Å². The van der Waals surface area contributed by atoms with E-state index in [1.54, 1.807) is 18.2 Å². The molecule has 1 aromatic heterocycles. The predicted octanol–water partition coefficient (Wildman–Crippen LogP) is 4.80. The molecule has 0 spiro atoms. The number of aromatic carboxylic acids is 1. The number of nitrogens with one attached hydrogen (secondary N) is 1. The fourth-order valence-corrected chi connectivity index (χ4v) is 4.37. The van der Waals surface area contributed by atoms with E-state index in [-0.39, 0.29) is 12.2 Å². The lowest BCUT2D eigenvalue weighted by Crippen LogP contribution is -2.39. The predicted molar refractivity (Wildman–Crippen MR) is 140 cm³/mol. The molecule has 8 heteroatoms. The van der Waals surface area contributed by atoms with Gasteiger partial charge in [-0.1, -0.05) is 37.3 Å². The smallest absolute Gasteiger partial charge is 0.338 e. The van der Waals surface area contributed by atoms with Gasteiger partial charge in [-0.2, -0.15) is 0 Å². The van der Waals surface area contributed by atoms with Gasteiger partial charge in [-0.15, -0.1) is 0 Å². The summed E-state index contributed by atoms with van der Waals surface area (Å²) in [6, 6.07) is 16.1. The lowest BCUT2D eigenvalue weighted by molar-refractivity contribution is 0.0691. The normalized spacial score (nSPS) is 11.9. The van der Waals surface area contributed by atoms with Crippen LogP contribution in [-0.4, -0.2) is 45.9 Å². The zero-order valence-corrected chi connectivity index (χ0v) is 20.7.